The molecule has 0 aliphatic carbocycles. The third-order valence-electron chi connectivity index (χ3n) is 4.93. The van der Waals surface area contributed by atoms with Gasteiger partial charge in [0, 0.05) is 12.7 Å². The number of carbonyl (C=O) groups is 2. The number of amides is 3. The van der Waals surface area contributed by atoms with Crippen LogP contribution < -0.4 is 10.6 Å². The Hall–Kier alpha value is -3.07. The highest BCUT2D eigenvalue weighted by atomic mass is 19.4. The van der Waals surface area contributed by atoms with Crippen molar-refractivity contribution in [2.45, 2.75) is 18.6 Å². The lowest BCUT2D eigenvalue weighted by atomic mass is 9.88. The summed E-state index contributed by atoms with van der Waals surface area (Å²) >= 11 is 0. The van der Waals surface area contributed by atoms with E-state index in [1.807, 2.05) is 0 Å². The Kier molecular flexibility index (Phi) is 4.58. The number of anilines is 2. The number of imide groups is 1. The molecule has 1 fully saturated rings. The first-order valence-corrected chi connectivity index (χ1v) is 8.31. The summed E-state index contributed by atoms with van der Waals surface area (Å²) in [4.78, 5) is 27.7. The summed E-state index contributed by atoms with van der Waals surface area (Å²) in [7, 11) is 1.32. The van der Waals surface area contributed by atoms with Crippen LogP contribution in [0.3, 0.4) is 0 Å². The second-order valence-corrected chi connectivity index (χ2v) is 6.64. The van der Waals surface area contributed by atoms with Crippen molar-refractivity contribution in [2.75, 3.05) is 24.3 Å². The molecule has 0 spiro atoms. The summed E-state index contributed by atoms with van der Waals surface area (Å²) < 4.78 is 39.6. The standard InChI is InChI=1S/C19H18F3N3O3/c1-11-4-3-5-12(8-11)18(10-26)16(27)25(17(28)24(18)2)13-6-7-15(23)14(9-13)19(20,21)22/h3-9,26H,10,23H2,1-2H3. The molecule has 0 aromatic heterocycles. The van der Waals surface area contributed by atoms with Crippen LogP contribution in [0.2, 0.25) is 0 Å². The normalized spacial score (nSPS) is 20.2. The molecule has 6 nitrogen and oxygen atoms in total. The largest absolute Gasteiger partial charge is 0.418 e. The SMILES string of the molecule is Cc1cccc(C2(CO)C(=O)N(c3ccc(N)c(C(F)(F)F)c3)C(=O)N2C)c1. The second-order valence-electron chi connectivity index (χ2n) is 6.64. The molecule has 3 N–H and O–H groups in total. The first kappa shape index (κ1) is 19.7. The molecule has 1 saturated heterocycles. The molecule has 9 heteroatoms. The predicted octanol–water partition coefficient (Wildman–Crippen LogP) is 2.88. The number of halogens is 3. The topological polar surface area (TPSA) is 86.9 Å². The Balaban J connectivity index is 2.16. The highest BCUT2D eigenvalue weighted by Gasteiger charge is 2.57. The van der Waals surface area contributed by atoms with Gasteiger partial charge in [0.2, 0.25) is 0 Å². The highest BCUT2D eigenvalue weighted by molar-refractivity contribution is 6.23. The number of aliphatic hydroxyl groups is 1. The minimum Gasteiger partial charge on any atom is -0.398 e. The number of rotatable bonds is 3. The molecule has 0 radical (unpaired) electrons. The number of aliphatic hydroxyl groups excluding tert-OH is 1. The number of nitrogen functional groups attached to an aromatic ring is 1. The van der Waals surface area contributed by atoms with E-state index in [1.165, 1.54) is 7.05 Å². The molecule has 28 heavy (non-hydrogen) atoms. The van der Waals surface area contributed by atoms with Gasteiger partial charge in [-0.1, -0.05) is 29.8 Å². The summed E-state index contributed by atoms with van der Waals surface area (Å²) in [6.45, 7) is 1.05. The average Bonchev–Trinajstić information content (AvgIpc) is 2.81. The maximum atomic E-state index is 13.2. The molecule has 1 heterocycles. The van der Waals surface area contributed by atoms with E-state index >= 15 is 0 Å². The zero-order valence-corrected chi connectivity index (χ0v) is 15.1. The van der Waals surface area contributed by atoms with Gasteiger partial charge >= 0.3 is 12.2 Å². The van der Waals surface area contributed by atoms with Gasteiger partial charge in [0.15, 0.2) is 5.54 Å². The number of aryl methyl sites for hydroxylation is 1. The molecule has 1 unspecified atom stereocenters. The highest BCUT2D eigenvalue weighted by Crippen LogP contribution is 2.41. The van der Waals surface area contributed by atoms with E-state index in [-0.39, 0.29) is 5.69 Å². The Morgan fingerprint density at radius 2 is 1.82 bits per heavy atom. The number of benzene rings is 2. The first-order valence-electron chi connectivity index (χ1n) is 8.31. The fourth-order valence-corrected chi connectivity index (χ4v) is 3.37. The molecule has 2 aromatic carbocycles. The van der Waals surface area contributed by atoms with Gasteiger partial charge < -0.3 is 15.7 Å². The van der Waals surface area contributed by atoms with Gasteiger partial charge in [-0.15, -0.1) is 0 Å². The minimum absolute atomic E-state index is 0.272. The van der Waals surface area contributed by atoms with Crippen LogP contribution in [-0.4, -0.2) is 35.6 Å². The molecular weight excluding hydrogens is 375 g/mol. The number of nitrogens with two attached hydrogens (primary N) is 1. The van der Waals surface area contributed by atoms with E-state index in [4.69, 9.17) is 5.73 Å². The Morgan fingerprint density at radius 1 is 1.14 bits per heavy atom. The van der Waals surface area contributed by atoms with E-state index in [9.17, 15) is 27.9 Å². The summed E-state index contributed by atoms with van der Waals surface area (Å²) in [5, 5.41) is 10.1. The van der Waals surface area contributed by atoms with Gasteiger partial charge in [0.1, 0.15) is 0 Å². The molecule has 2 aromatic rings. The Labute approximate surface area is 159 Å². The summed E-state index contributed by atoms with van der Waals surface area (Å²) in [6.07, 6.45) is -4.75. The predicted molar refractivity (Wildman–Crippen MR) is 96.4 cm³/mol. The van der Waals surface area contributed by atoms with Crippen molar-refractivity contribution >= 4 is 23.3 Å². The van der Waals surface area contributed by atoms with Crippen molar-refractivity contribution in [3.63, 3.8) is 0 Å². The summed E-state index contributed by atoms with van der Waals surface area (Å²) in [5.74, 6) is -0.842. The van der Waals surface area contributed by atoms with Crippen molar-refractivity contribution in [3.05, 3.63) is 59.2 Å². The zero-order valence-electron chi connectivity index (χ0n) is 15.1. The second kappa shape index (κ2) is 6.52. The molecule has 1 aliphatic rings. The van der Waals surface area contributed by atoms with Crippen LogP contribution in [0, 0.1) is 6.92 Å². The first-order chi connectivity index (χ1) is 13.0. The number of nitrogens with zero attached hydrogens (tertiary/aromatic N) is 2. The number of urea groups is 1. The fraction of sp³-hybridized carbons (Fsp3) is 0.263. The van der Waals surface area contributed by atoms with E-state index in [2.05, 4.69) is 0 Å². The number of carbonyl (C=O) groups excluding carboxylic acids is 2. The lowest BCUT2D eigenvalue weighted by molar-refractivity contribution is -0.137. The lowest BCUT2D eigenvalue weighted by Crippen LogP contribution is -2.48. The quantitative estimate of drug-likeness (QED) is 0.620. The number of hydrogen-bond acceptors (Lipinski definition) is 4. The van der Waals surface area contributed by atoms with Gasteiger partial charge in [0.25, 0.3) is 5.91 Å². The third kappa shape index (κ3) is 2.78. The monoisotopic (exact) mass is 393 g/mol. The van der Waals surface area contributed by atoms with Crippen LogP contribution in [-0.2, 0) is 16.5 Å². The minimum atomic E-state index is -4.75. The third-order valence-corrected chi connectivity index (χ3v) is 4.93. The Morgan fingerprint density at radius 3 is 2.39 bits per heavy atom. The molecule has 0 saturated carbocycles. The zero-order chi connectivity index (χ0) is 20.9. The molecule has 0 bridgehead atoms. The van der Waals surface area contributed by atoms with Crippen LogP contribution in [0.5, 0.6) is 0 Å². The smallest absolute Gasteiger partial charge is 0.398 e. The van der Waals surface area contributed by atoms with Crippen LogP contribution in [0.15, 0.2) is 42.5 Å². The van der Waals surface area contributed by atoms with Crippen LogP contribution in [0.4, 0.5) is 29.3 Å². The molecule has 3 amide bonds. The number of alkyl halides is 3. The van der Waals surface area contributed by atoms with Crippen molar-refractivity contribution in [1.82, 2.24) is 4.90 Å². The van der Waals surface area contributed by atoms with Crippen LogP contribution in [0.25, 0.3) is 0 Å². The van der Waals surface area contributed by atoms with Crippen LogP contribution >= 0.6 is 0 Å². The van der Waals surface area contributed by atoms with E-state index in [0.29, 0.717) is 16.5 Å². The summed E-state index contributed by atoms with van der Waals surface area (Å²) in [5.41, 5.74) is 2.89. The van der Waals surface area contributed by atoms with Crippen molar-refractivity contribution in [3.8, 4) is 0 Å². The van der Waals surface area contributed by atoms with Gasteiger partial charge in [-0.2, -0.15) is 13.2 Å². The maximum absolute atomic E-state index is 13.2. The summed E-state index contributed by atoms with van der Waals surface area (Å²) in [6, 6.07) is 8.64. The molecule has 3 rings (SSSR count). The number of hydrogen-bond donors (Lipinski definition) is 2. The van der Waals surface area contributed by atoms with Crippen molar-refractivity contribution in [2.24, 2.45) is 0 Å². The van der Waals surface area contributed by atoms with Gasteiger partial charge in [0.05, 0.1) is 17.9 Å². The number of likely N-dealkylation sites (N-methyl/N-ethyl adjacent to an activating group) is 1. The molecule has 1 atom stereocenters. The Bertz CT molecular complexity index is 961. The fourth-order valence-electron chi connectivity index (χ4n) is 3.37. The van der Waals surface area contributed by atoms with Crippen molar-refractivity contribution < 1.29 is 27.9 Å². The maximum Gasteiger partial charge on any atom is 0.418 e. The van der Waals surface area contributed by atoms with Gasteiger partial charge in [-0.05, 0) is 30.7 Å². The molecule has 148 valence electrons. The molecular formula is C19H18F3N3O3. The van der Waals surface area contributed by atoms with E-state index in [0.717, 1.165) is 22.6 Å². The average molecular weight is 393 g/mol. The van der Waals surface area contributed by atoms with Crippen LogP contribution in [0.1, 0.15) is 16.7 Å². The van der Waals surface area contributed by atoms with E-state index in [1.54, 1.807) is 31.2 Å². The van der Waals surface area contributed by atoms with E-state index < -0.39 is 41.5 Å². The lowest BCUT2D eigenvalue weighted by Gasteiger charge is -2.31. The van der Waals surface area contributed by atoms with Gasteiger partial charge in [-0.3, -0.25) is 4.79 Å². The van der Waals surface area contributed by atoms with Gasteiger partial charge in [-0.25, -0.2) is 9.69 Å². The molecule has 1 aliphatic heterocycles. The van der Waals surface area contributed by atoms with Crippen molar-refractivity contribution in [1.29, 1.82) is 0 Å².